The molecule has 0 bridgehead atoms. The summed E-state index contributed by atoms with van der Waals surface area (Å²) in [5, 5.41) is 0.141. The molecule has 3 rings (SSSR count). The van der Waals surface area contributed by atoms with Crippen LogP contribution in [0.4, 0.5) is 5.82 Å². The average molecular weight is 328 g/mol. The van der Waals surface area contributed by atoms with Crippen LogP contribution in [0.2, 0.25) is 5.15 Å². The molecule has 1 aromatic heterocycles. The van der Waals surface area contributed by atoms with Crippen molar-refractivity contribution in [1.82, 2.24) is 9.97 Å². The van der Waals surface area contributed by atoms with Crippen molar-refractivity contribution in [3.8, 4) is 28.6 Å². The van der Waals surface area contributed by atoms with Crippen LogP contribution in [0.1, 0.15) is 0 Å². The van der Waals surface area contributed by atoms with Gasteiger partial charge in [-0.15, -0.1) is 0 Å². The van der Waals surface area contributed by atoms with E-state index in [-0.39, 0.29) is 16.7 Å². The zero-order valence-corrected chi connectivity index (χ0v) is 13.1. The zero-order valence-electron chi connectivity index (χ0n) is 12.4. The first-order valence-electron chi connectivity index (χ1n) is 6.88. The van der Waals surface area contributed by atoms with Crippen LogP contribution >= 0.6 is 11.6 Å². The van der Waals surface area contributed by atoms with Gasteiger partial charge in [-0.1, -0.05) is 54.1 Å². The van der Waals surface area contributed by atoms with Crippen LogP contribution in [0.15, 0.2) is 54.6 Å². The van der Waals surface area contributed by atoms with Crippen LogP contribution in [0.25, 0.3) is 11.4 Å². The number of benzene rings is 2. The van der Waals surface area contributed by atoms with Gasteiger partial charge in [0.2, 0.25) is 5.75 Å². The first-order chi connectivity index (χ1) is 11.2. The van der Waals surface area contributed by atoms with Crippen LogP contribution in [0, 0.1) is 0 Å². The number of anilines is 1. The lowest BCUT2D eigenvalue weighted by molar-refractivity contribution is 0.378. The number of nitrogens with two attached hydrogens (primary N) is 1. The number of methoxy groups -OCH3 is 1. The van der Waals surface area contributed by atoms with Crippen LogP contribution in [-0.4, -0.2) is 17.1 Å². The predicted molar refractivity (Wildman–Crippen MR) is 90.0 cm³/mol. The SMILES string of the molecule is COc1ccccc1Oc1c(N)nc(-c2ccccc2)nc1Cl. The van der Waals surface area contributed by atoms with Gasteiger partial charge in [0.25, 0.3) is 0 Å². The maximum absolute atomic E-state index is 6.23. The Bertz CT molecular complexity index is 802. The third-order valence-electron chi connectivity index (χ3n) is 3.16. The van der Waals surface area contributed by atoms with Gasteiger partial charge < -0.3 is 15.2 Å². The number of ether oxygens (including phenoxy) is 2. The molecule has 0 fully saturated rings. The Hall–Kier alpha value is -2.79. The molecule has 0 amide bonds. The second-order valence-corrected chi connectivity index (χ2v) is 5.03. The minimum atomic E-state index is 0.141. The van der Waals surface area contributed by atoms with E-state index in [9.17, 15) is 0 Å². The summed E-state index contributed by atoms with van der Waals surface area (Å²) >= 11 is 6.23. The van der Waals surface area contributed by atoms with E-state index in [1.54, 1.807) is 19.2 Å². The van der Waals surface area contributed by atoms with Crippen molar-refractivity contribution in [2.75, 3.05) is 12.8 Å². The molecule has 2 aromatic carbocycles. The van der Waals surface area contributed by atoms with Gasteiger partial charge >= 0.3 is 0 Å². The number of hydrogen-bond donors (Lipinski definition) is 1. The fraction of sp³-hybridized carbons (Fsp3) is 0.0588. The second kappa shape index (κ2) is 6.54. The first-order valence-corrected chi connectivity index (χ1v) is 7.26. The summed E-state index contributed by atoms with van der Waals surface area (Å²) in [5.74, 6) is 1.86. The fourth-order valence-electron chi connectivity index (χ4n) is 2.06. The molecule has 0 aliphatic carbocycles. The van der Waals surface area contributed by atoms with Crippen LogP contribution in [0.5, 0.6) is 17.2 Å². The Kier molecular flexibility index (Phi) is 4.30. The molecular formula is C17H14ClN3O2. The number of nitrogens with zero attached hydrogens (tertiary/aromatic N) is 2. The average Bonchev–Trinajstić information content (AvgIpc) is 2.59. The number of nitrogen functional groups attached to an aromatic ring is 1. The molecule has 0 radical (unpaired) electrons. The van der Waals surface area contributed by atoms with Crippen molar-refractivity contribution < 1.29 is 9.47 Å². The highest BCUT2D eigenvalue weighted by molar-refractivity contribution is 6.31. The lowest BCUT2D eigenvalue weighted by Gasteiger charge is -2.13. The Morgan fingerprint density at radius 1 is 0.913 bits per heavy atom. The molecule has 3 aromatic rings. The van der Waals surface area contributed by atoms with Crippen molar-refractivity contribution in [3.05, 3.63) is 59.8 Å². The summed E-state index contributed by atoms with van der Waals surface area (Å²) in [6.07, 6.45) is 0. The molecule has 23 heavy (non-hydrogen) atoms. The molecule has 1 heterocycles. The van der Waals surface area contributed by atoms with Gasteiger partial charge in [0.15, 0.2) is 28.3 Å². The van der Waals surface area contributed by atoms with Crippen LogP contribution in [0.3, 0.4) is 0 Å². The third-order valence-corrected chi connectivity index (χ3v) is 3.42. The van der Waals surface area contributed by atoms with Gasteiger partial charge in [0.05, 0.1) is 7.11 Å². The minimum absolute atomic E-state index is 0.141. The summed E-state index contributed by atoms with van der Waals surface area (Å²) in [4.78, 5) is 8.54. The summed E-state index contributed by atoms with van der Waals surface area (Å²) in [5.41, 5.74) is 6.82. The molecule has 6 heteroatoms. The molecule has 5 nitrogen and oxygen atoms in total. The monoisotopic (exact) mass is 327 g/mol. The van der Waals surface area contributed by atoms with Gasteiger partial charge in [-0.2, -0.15) is 0 Å². The van der Waals surface area contributed by atoms with Gasteiger partial charge in [0.1, 0.15) is 0 Å². The van der Waals surface area contributed by atoms with E-state index in [4.69, 9.17) is 26.8 Å². The molecule has 0 spiro atoms. The fourth-order valence-corrected chi connectivity index (χ4v) is 2.28. The molecule has 0 aliphatic rings. The normalized spacial score (nSPS) is 10.3. The van der Waals surface area contributed by atoms with Crippen molar-refractivity contribution in [2.24, 2.45) is 0 Å². The van der Waals surface area contributed by atoms with E-state index < -0.39 is 0 Å². The highest BCUT2D eigenvalue weighted by Crippen LogP contribution is 2.37. The molecule has 0 unspecified atom stereocenters. The summed E-state index contributed by atoms with van der Waals surface area (Å²) in [6, 6.07) is 16.6. The number of hydrogen-bond acceptors (Lipinski definition) is 5. The lowest BCUT2D eigenvalue weighted by Crippen LogP contribution is -2.01. The maximum atomic E-state index is 6.23. The molecule has 0 atom stereocenters. The van der Waals surface area contributed by atoms with Gasteiger partial charge in [-0.25, -0.2) is 9.97 Å². The van der Waals surface area contributed by atoms with E-state index in [1.165, 1.54) is 0 Å². The molecule has 0 aliphatic heterocycles. The Balaban J connectivity index is 1.98. The van der Waals surface area contributed by atoms with Crippen molar-refractivity contribution in [3.63, 3.8) is 0 Å². The first kappa shape index (κ1) is 15.1. The Morgan fingerprint density at radius 3 is 2.22 bits per heavy atom. The quantitative estimate of drug-likeness (QED) is 0.728. The lowest BCUT2D eigenvalue weighted by atomic mass is 10.2. The van der Waals surface area contributed by atoms with E-state index >= 15 is 0 Å². The molecule has 116 valence electrons. The van der Waals surface area contributed by atoms with Gasteiger partial charge in [-0.3, -0.25) is 0 Å². The number of para-hydroxylation sites is 2. The van der Waals surface area contributed by atoms with Crippen molar-refractivity contribution in [1.29, 1.82) is 0 Å². The molecule has 2 N–H and O–H groups in total. The van der Waals surface area contributed by atoms with Crippen LogP contribution < -0.4 is 15.2 Å². The van der Waals surface area contributed by atoms with E-state index in [0.717, 1.165) is 5.56 Å². The molecule has 0 saturated heterocycles. The largest absolute Gasteiger partial charge is 0.493 e. The van der Waals surface area contributed by atoms with Crippen molar-refractivity contribution >= 4 is 17.4 Å². The molecule has 0 saturated carbocycles. The Labute approximate surface area is 138 Å². The third kappa shape index (κ3) is 3.19. The van der Waals surface area contributed by atoms with E-state index in [1.807, 2.05) is 42.5 Å². The standard InChI is InChI=1S/C17H14ClN3O2/c1-22-12-9-5-6-10-13(12)23-14-15(18)20-17(21-16(14)19)11-7-3-2-4-8-11/h2-10H,1H3,(H2,19,20,21). The van der Waals surface area contributed by atoms with Gasteiger partial charge in [-0.05, 0) is 12.1 Å². The second-order valence-electron chi connectivity index (χ2n) is 4.67. The number of rotatable bonds is 4. The summed E-state index contributed by atoms with van der Waals surface area (Å²) in [7, 11) is 1.56. The Morgan fingerprint density at radius 2 is 1.57 bits per heavy atom. The number of aromatic nitrogens is 2. The predicted octanol–water partition coefficient (Wildman–Crippen LogP) is 4.18. The van der Waals surface area contributed by atoms with E-state index in [2.05, 4.69) is 9.97 Å². The zero-order chi connectivity index (χ0) is 16.2. The highest BCUT2D eigenvalue weighted by Gasteiger charge is 2.16. The topological polar surface area (TPSA) is 70.3 Å². The van der Waals surface area contributed by atoms with E-state index in [0.29, 0.717) is 17.3 Å². The smallest absolute Gasteiger partial charge is 0.206 e. The van der Waals surface area contributed by atoms with Gasteiger partial charge in [0, 0.05) is 5.56 Å². The number of halogens is 1. The maximum Gasteiger partial charge on any atom is 0.206 e. The summed E-state index contributed by atoms with van der Waals surface area (Å²) < 4.78 is 11.0. The summed E-state index contributed by atoms with van der Waals surface area (Å²) in [6.45, 7) is 0. The van der Waals surface area contributed by atoms with Crippen molar-refractivity contribution in [2.45, 2.75) is 0 Å². The van der Waals surface area contributed by atoms with Crippen LogP contribution in [-0.2, 0) is 0 Å². The minimum Gasteiger partial charge on any atom is -0.493 e. The highest BCUT2D eigenvalue weighted by atomic mass is 35.5. The molecular weight excluding hydrogens is 314 g/mol.